The van der Waals surface area contributed by atoms with Gasteiger partial charge in [-0.25, -0.2) is 0 Å². The van der Waals surface area contributed by atoms with Crippen LogP contribution in [0.3, 0.4) is 0 Å². The van der Waals surface area contributed by atoms with E-state index in [0.29, 0.717) is 22.1 Å². The van der Waals surface area contributed by atoms with Crippen molar-refractivity contribution in [2.75, 3.05) is 32.7 Å². The van der Waals surface area contributed by atoms with Crippen LogP contribution in [0.1, 0.15) is 12.0 Å². The largest absolute Gasteiger partial charge is 0.348 e. The number of thioether (sulfide) groups is 1. The molecule has 8 nitrogen and oxygen atoms in total. The maximum Gasteiger partial charge on any atom is 0.286 e. The van der Waals surface area contributed by atoms with Crippen LogP contribution in [-0.4, -0.2) is 58.5 Å². The van der Waals surface area contributed by atoms with Crippen LogP contribution in [0.4, 0.5) is 5.69 Å². The van der Waals surface area contributed by atoms with Crippen molar-refractivity contribution in [2.24, 2.45) is 4.99 Å². The van der Waals surface area contributed by atoms with Gasteiger partial charge in [0.1, 0.15) is 0 Å². The maximum atomic E-state index is 12.2. The summed E-state index contributed by atoms with van der Waals surface area (Å²) >= 11 is 1.30. The second kappa shape index (κ2) is 8.12. The Morgan fingerprint density at radius 3 is 2.81 bits per heavy atom. The molecule has 0 N–H and O–H groups in total. The van der Waals surface area contributed by atoms with Crippen LogP contribution >= 0.6 is 11.8 Å². The van der Waals surface area contributed by atoms with Gasteiger partial charge in [0.25, 0.3) is 11.6 Å². The SMILES string of the molecule is N#CCCN1CCN(C2=NC(=O)/C(=C/c3cccc([N+](=O)[O-])c3)S2)CC1. The van der Waals surface area contributed by atoms with Gasteiger partial charge in [-0.05, 0) is 23.4 Å². The standard InChI is InChI=1S/C17H17N5O3S/c18-5-2-6-20-7-9-21(10-8-20)17-19-16(23)15(26-17)12-13-3-1-4-14(11-13)22(24)25/h1,3-4,11-12H,2,6-10H2/b15-12-. The van der Waals surface area contributed by atoms with Gasteiger partial charge in [0.05, 0.1) is 15.9 Å². The van der Waals surface area contributed by atoms with Crippen LogP contribution in [0, 0.1) is 21.4 Å². The number of non-ortho nitro benzene ring substituents is 1. The Balaban J connectivity index is 1.63. The van der Waals surface area contributed by atoms with Crippen LogP contribution in [-0.2, 0) is 4.79 Å². The van der Waals surface area contributed by atoms with Gasteiger partial charge < -0.3 is 4.90 Å². The molecule has 2 heterocycles. The first kappa shape index (κ1) is 18.1. The number of hydrogen-bond acceptors (Lipinski definition) is 7. The lowest BCUT2D eigenvalue weighted by Gasteiger charge is -2.34. The summed E-state index contributed by atoms with van der Waals surface area (Å²) in [5, 5.41) is 20.2. The molecule has 1 amide bonds. The van der Waals surface area contributed by atoms with Crippen LogP contribution in [0.15, 0.2) is 34.2 Å². The van der Waals surface area contributed by atoms with E-state index in [2.05, 4.69) is 20.9 Å². The molecule has 2 aliphatic heterocycles. The topological polar surface area (TPSA) is 103 Å². The zero-order valence-corrected chi connectivity index (χ0v) is 14.8. The molecule has 0 bridgehead atoms. The van der Waals surface area contributed by atoms with Gasteiger partial charge in [0, 0.05) is 51.3 Å². The van der Waals surface area contributed by atoms with Crippen molar-refractivity contribution in [1.82, 2.24) is 9.80 Å². The van der Waals surface area contributed by atoms with E-state index in [4.69, 9.17) is 5.26 Å². The molecule has 1 aromatic carbocycles. The van der Waals surface area contributed by atoms with Gasteiger partial charge in [-0.3, -0.25) is 19.8 Å². The molecule has 9 heteroatoms. The summed E-state index contributed by atoms with van der Waals surface area (Å²) in [6.45, 7) is 3.95. The molecule has 26 heavy (non-hydrogen) atoms. The van der Waals surface area contributed by atoms with Crippen molar-refractivity contribution < 1.29 is 9.72 Å². The minimum Gasteiger partial charge on any atom is -0.348 e. The Morgan fingerprint density at radius 1 is 1.35 bits per heavy atom. The van der Waals surface area contributed by atoms with Crippen LogP contribution in [0.25, 0.3) is 6.08 Å². The smallest absolute Gasteiger partial charge is 0.286 e. The van der Waals surface area contributed by atoms with Crippen molar-refractivity contribution >= 4 is 34.6 Å². The average molecular weight is 371 g/mol. The van der Waals surface area contributed by atoms with E-state index < -0.39 is 4.92 Å². The number of amides is 1. The summed E-state index contributed by atoms with van der Waals surface area (Å²) in [6.07, 6.45) is 2.16. The third-order valence-corrected chi connectivity index (χ3v) is 5.22. The molecule has 3 rings (SSSR count). The summed E-state index contributed by atoms with van der Waals surface area (Å²) in [5.74, 6) is -0.316. The number of benzene rings is 1. The Bertz CT molecular complexity index is 822. The van der Waals surface area contributed by atoms with E-state index in [-0.39, 0.29) is 11.6 Å². The lowest BCUT2D eigenvalue weighted by atomic mass is 10.2. The summed E-state index contributed by atoms with van der Waals surface area (Å²) in [5.41, 5.74) is 0.595. The highest BCUT2D eigenvalue weighted by atomic mass is 32.2. The first-order valence-corrected chi connectivity index (χ1v) is 9.00. The van der Waals surface area contributed by atoms with E-state index in [1.165, 1.54) is 23.9 Å². The number of carbonyl (C=O) groups excluding carboxylic acids is 1. The number of rotatable bonds is 4. The lowest BCUT2D eigenvalue weighted by Crippen LogP contribution is -2.47. The zero-order valence-electron chi connectivity index (χ0n) is 14.0. The second-order valence-electron chi connectivity index (χ2n) is 5.90. The molecule has 134 valence electrons. The number of hydrogen-bond donors (Lipinski definition) is 0. The van der Waals surface area contributed by atoms with Gasteiger partial charge in [-0.15, -0.1) is 0 Å². The fourth-order valence-electron chi connectivity index (χ4n) is 2.78. The van der Waals surface area contributed by atoms with Gasteiger partial charge in [-0.1, -0.05) is 12.1 Å². The van der Waals surface area contributed by atoms with Crippen LogP contribution in [0.5, 0.6) is 0 Å². The molecule has 0 unspecified atom stereocenters. The summed E-state index contributed by atoms with van der Waals surface area (Å²) in [7, 11) is 0. The number of aliphatic imine (C=N–C) groups is 1. The number of nitro benzene ring substituents is 1. The minimum atomic E-state index is -0.459. The van der Waals surface area contributed by atoms with Crippen LogP contribution in [0.2, 0.25) is 0 Å². The van der Waals surface area contributed by atoms with Crippen molar-refractivity contribution in [3.63, 3.8) is 0 Å². The Labute approximate surface area is 154 Å². The normalized spacial score (nSPS) is 19.5. The predicted octanol–water partition coefficient (Wildman–Crippen LogP) is 2.10. The Hall–Kier alpha value is -2.70. The lowest BCUT2D eigenvalue weighted by molar-refractivity contribution is -0.384. The van der Waals surface area contributed by atoms with Crippen molar-refractivity contribution in [3.8, 4) is 6.07 Å². The molecule has 0 saturated carbocycles. The zero-order chi connectivity index (χ0) is 18.5. The van der Waals surface area contributed by atoms with Crippen LogP contribution < -0.4 is 0 Å². The monoisotopic (exact) mass is 371 g/mol. The minimum absolute atomic E-state index is 0.00979. The van der Waals surface area contributed by atoms with E-state index in [0.717, 1.165) is 32.7 Å². The molecular weight excluding hydrogens is 354 g/mol. The summed E-state index contributed by atoms with van der Waals surface area (Å²) in [6, 6.07) is 8.32. The highest BCUT2D eigenvalue weighted by molar-refractivity contribution is 8.18. The number of nitrogens with zero attached hydrogens (tertiary/aromatic N) is 5. The maximum absolute atomic E-state index is 12.2. The average Bonchev–Trinajstić information content (AvgIpc) is 3.01. The molecule has 0 aliphatic carbocycles. The fourth-order valence-corrected chi connectivity index (χ4v) is 3.75. The van der Waals surface area contributed by atoms with Gasteiger partial charge in [0.15, 0.2) is 5.17 Å². The summed E-state index contributed by atoms with van der Waals surface area (Å²) < 4.78 is 0. The fraction of sp³-hybridized carbons (Fsp3) is 0.353. The number of carbonyl (C=O) groups is 1. The molecule has 0 atom stereocenters. The number of piperazine rings is 1. The molecule has 0 radical (unpaired) electrons. The van der Waals surface area contributed by atoms with Gasteiger partial charge in [0.2, 0.25) is 0 Å². The summed E-state index contributed by atoms with van der Waals surface area (Å²) in [4.78, 5) is 31.5. The molecule has 1 saturated heterocycles. The van der Waals surface area contributed by atoms with Crippen molar-refractivity contribution in [3.05, 3.63) is 44.8 Å². The molecular formula is C17H17N5O3S. The molecule has 0 aromatic heterocycles. The van der Waals surface area contributed by atoms with Crippen molar-refractivity contribution in [2.45, 2.75) is 6.42 Å². The van der Waals surface area contributed by atoms with E-state index in [1.54, 1.807) is 18.2 Å². The van der Waals surface area contributed by atoms with E-state index in [1.807, 2.05) is 0 Å². The quantitative estimate of drug-likeness (QED) is 0.453. The van der Waals surface area contributed by atoms with Crippen molar-refractivity contribution in [1.29, 1.82) is 5.26 Å². The second-order valence-corrected chi connectivity index (χ2v) is 6.91. The first-order chi connectivity index (χ1) is 12.6. The molecule has 1 aromatic rings. The van der Waals surface area contributed by atoms with Gasteiger partial charge in [-0.2, -0.15) is 10.3 Å². The molecule has 0 spiro atoms. The van der Waals surface area contributed by atoms with E-state index in [9.17, 15) is 14.9 Å². The highest BCUT2D eigenvalue weighted by Crippen LogP contribution is 2.31. The Morgan fingerprint density at radius 2 is 2.12 bits per heavy atom. The van der Waals surface area contributed by atoms with Gasteiger partial charge >= 0.3 is 0 Å². The molecule has 1 fully saturated rings. The third kappa shape index (κ3) is 4.28. The number of nitriles is 1. The Kier molecular flexibility index (Phi) is 5.65. The number of amidine groups is 1. The predicted molar refractivity (Wildman–Crippen MR) is 99.3 cm³/mol. The third-order valence-electron chi connectivity index (χ3n) is 4.17. The molecule has 2 aliphatic rings. The highest BCUT2D eigenvalue weighted by Gasteiger charge is 2.28. The first-order valence-electron chi connectivity index (χ1n) is 8.18. The number of nitro groups is 1. The van der Waals surface area contributed by atoms with E-state index >= 15 is 0 Å².